The van der Waals surface area contributed by atoms with E-state index in [1.807, 2.05) is 12.1 Å². The number of hydrogen-bond acceptors (Lipinski definition) is 4. The van der Waals surface area contributed by atoms with Crippen molar-refractivity contribution < 1.29 is 14.7 Å². The molecule has 1 saturated heterocycles. The van der Waals surface area contributed by atoms with Crippen LogP contribution in [0.4, 0.5) is 0 Å². The van der Waals surface area contributed by atoms with Crippen molar-refractivity contribution in [2.75, 3.05) is 39.3 Å². The Kier molecular flexibility index (Phi) is 10.3. The molecular weight excluding hydrogens is 679 g/mol. The van der Waals surface area contributed by atoms with E-state index in [1.54, 1.807) is 12.1 Å². The number of fused-ring (bicyclic) bond motifs is 7. The van der Waals surface area contributed by atoms with E-state index >= 15 is 0 Å². The van der Waals surface area contributed by atoms with Gasteiger partial charge in [-0.1, -0.05) is 77.8 Å². The molecule has 3 unspecified atom stereocenters. The molecule has 302 valence electrons. The molecule has 1 aromatic carbocycles. The molecule has 6 heteroatoms. The Bertz CT molecular complexity index is 1670. The number of amides is 1. The van der Waals surface area contributed by atoms with E-state index in [-0.39, 0.29) is 16.4 Å². The number of carboxylic acid groups (broad SMARTS) is 1. The molecule has 5 saturated carbocycles. The predicted molar refractivity (Wildman–Crippen MR) is 224 cm³/mol. The highest BCUT2D eigenvalue weighted by Gasteiger charge is 2.70. The third-order valence-corrected chi connectivity index (χ3v) is 18.7. The molecule has 0 spiro atoms. The van der Waals surface area contributed by atoms with Crippen molar-refractivity contribution in [3.05, 3.63) is 53.6 Å². The maximum absolute atomic E-state index is 13.0. The van der Waals surface area contributed by atoms with Gasteiger partial charge in [0.15, 0.2) is 0 Å². The van der Waals surface area contributed by atoms with Gasteiger partial charge in [-0.3, -0.25) is 9.69 Å². The van der Waals surface area contributed by atoms with Crippen LogP contribution in [-0.2, 0) is 4.79 Å². The van der Waals surface area contributed by atoms with Crippen LogP contribution in [0.3, 0.4) is 0 Å². The van der Waals surface area contributed by atoms with Crippen molar-refractivity contribution in [2.45, 2.75) is 137 Å². The maximum Gasteiger partial charge on any atom is 0.335 e. The highest BCUT2D eigenvalue weighted by Crippen LogP contribution is 2.76. The number of carbonyl (C=O) groups excluding carboxylic acids is 1. The van der Waals surface area contributed by atoms with Crippen LogP contribution in [0.25, 0.3) is 5.57 Å². The van der Waals surface area contributed by atoms with E-state index in [0.717, 1.165) is 52.1 Å². The zero-order chi connectivity index (χ0) is 39.0. The molecule has 0 radical (unpaired) electrons. The summed E-state index contributed by atoms with van der Waals surface area (Å²) in [4.78, 5) is 29.4. The average Bonchev–Trinajstić information content (AvgIpc) is 3.80. The van der Waals surface area contributed by atoms with Crippen molar-refractivity contribution in [1.82, 2.24) is 15.1 Å². The number of nitrogens with one attached hydrogen (secondary N) is 1. The smallest absolute Gasteiger partial charge is 0.335 e. The lowest BCUT2D eigenvalue weighted by molar-refractivity contribution is -0.219. The molecule has 6 fully saturated rings. The second-order valence-corrected chi connectivity index (χ2v) is 21.3. The fraction of sp³-hybridized carbons (Fsp3) is 0.755. The van der Waals surface area contributed by atoms with Gasteiger partial charge in [0.2, 0.25) is 5.91 Å². The van der Waals surface area contributed by atoms with Crippen LogP contribution in [-0.4, -0.2) is 71.6 Å². The number of benzene rings is 1. The standard InChI is InChI=1S/C49H73N3O3/c1-33(2)37-18-23-49(50-26-27-51-28-30-52(31-29-51)42(53)32-34-10-8-9-11-34)25-24-47(6)39(43(37)49)16-17-41-46(5)21-19-38(35-12-14-36(15-13-35)44(54)55)45(3,4)40(46)20-22-48(41,47)7/h12-15,19,34,37,39-41,43,50H,1,8-11,16-18,20-32H2,2-7H3,(H,54,55)/t37-,39+,40?,41?,43?,46-,47+,48+,49-/m0/s1. The van der Waals surface area contributed by atoms with Crippen LogP contribution in [0, 0.1) is 57.2 Å². The van der Waals surface area contributed by atoms with Gasteiger partial charge in [0.25, 0.3) is 0 Å². The van der Waals surface area contributed by atoms with Gasteiger partial charge in [0.1, 0.15) is 0 Å². The van der Waals surface area contributed by atoms with Gasteiger partial charge < -0.3 is 15.3 Å². The van der Waals surface area contributed by atoms with Crippen LogP contribution in [0.15, 0.2) is 42.5 Å². The first-order chi connectivity index (χ1) is 26.1. The Hall–Kier alpha value is -2.44. The third kappa shape index (κ3) is 6.41. The normalized spacial score (nSPS) is 40.1. The van der Waals surface area contributed by atoms with Crippen molar-refractivity contribution in [3.8, 4) is 0 Å². The number of piperazine rings is 1. The summed E-state index contributed by atoms with van der Waals surface area (Å²) in [6.07, 6.45) is 19.9. The quantitative estimate of drug-likeness (QED) is 0.246. The minimum Gasteiger partial charge on any atom is -0.478 e. The first-order valence-electron chi connectivity index (χ1n) is 22.6. The molecule has 1 heterocycles. The number of rotatable bonds is 9. The number of allylic oxidation sites excluding steroid dienone is 3. The summed E-state index contributed by atoms with van der Waals surface area (Å²) in [7, 11) is 0. The molecule has 8 rings (SSSR count). The first kappa shape index (κ1) is 39.4. The molecule has 1 aliphatic heterocycles. The largest absolute Gasteiger partial charge is 0.478 e. The zero-order valence-electron chi connectivity index (χ0n) is 35.4. The second kappa shape index (κ2) is 14.4. The Morgan fingerprint density at radius 3 is 2.22 bits per heavy atom. The first-order valence-corrected chi connectivity index (χ1v) is 22.6. The topological polar surface area (TPSA) is 72.9 Å². The highest BCUT2D eigenvalue weighted by atomic mass is 16.4. The van der Waals surface area contributed by atoms with E-state index in [2.05, 4.69) is 69.3 Å². The van der Waals surface area contributed by atoms with Gasteiger partial charge in [-0.05, 0) is 158 Å². The number of carboxylic acids is 1. The SMILES string of the molecule is C=C(C)[C@@H]1CC[C@]2(NCCN3CCN(C(=O)CC4CCCC4)CC3)CC[C@]3(C)[C@H](CCC4[C@@]5(C)CC=C(c6ccc(C(=O)O)cc6)C(C)(C)C5CC[C@]43C)C12. The van der Waals surface area contributed by atoms with E-state index < -0.39 is 5.97 Å². The van der Waals surface area contributed by atoms with Gasteiger partial charge in [0.05, 0.1) is 5.56 Å². The maximum atomic E-state index is 13.0. The molecule has 6 nitrogen and oxygen atoms in total. The number of nitrogens with zero attached hydrogens (tertiary/aromatic N) is 2. The minimum absolute atomic E-state index is 0.0244. The third-order valence-electron chi connectivity index (χ3n) is 18.7. The fourth-order valence-corrected chi connectivity index (χ4v) is 15.6. The van der Waals surface area contributed by atoms with Crippen LogP contribution in [0.1, 0.15) is 147 Å². The molecule has 6 aliphatic carbocycles. The summed E-state index contributed by atoms with van der Waals surface area (Å²) in [5.74, 6) is 3.44. The fourth-order valence-electron chi connectivity index (χ4n) is 15.6. The molecule has 55 heavy (non-hydrogen) atoms. The number of hydrogen-bond donors (Lipinski definition) is 2. The summed E-state index contributed by atoms with van der Waals surface area (Å²) < 4.78 is 0. The lowest BCUT2D eigenvalue weighted by Crippen LogP contribution is -2.68. The predicted octanol–water partition coefficient (Wildman–Crippen LogP) is 10.1. The van der Waals surface area contributed by atoms with Crippen LogP contribution < -0.4 is 5.32 Å². The lowest BCUT2D eigenvalue weighted by Gasteiger charge is -2.72. The minimum atomic E-state index is -0.858. The monoisotopic (exact) mass is 752 g/mol. The summed E-state index contributed by atoms with van der Waals surface area (Å²) in [5.41, 5.74) is 5.45. The molecule has 2 N–H and O–H groups in total. The van der Waals surface area contributed by atoms with Gasteiger partial charge in [-0.2, -0.15) is 0 Å². The van der Waals surface area contributed by atoms with Crippen molar-refractivity contribution in [3.63, 3.8) is 0 Å². The second-order valence-electron chi connectivity index (χ2n) is 21.3. The molecule has 0 aromatic heterocycles. The van der Waals surface area contributed by atoms with Crippen molar-refractivity contribution in [2.24, 2.45) is 57.2 Å². The summed E-state index contributed by atoms with van der Waals surface area (Å²) in [6.45, 7) is 26.0. The summed E-state index contributed by atoms with van der Waals surface area (Å²) >= 11 is 0. The Labute approximate surface area is 333 Å². The van der Waals surface area contributed by atoms with Crippen molar-refractivity contribution in [1.29, 1.82) is 0 Å². The van der Waals surface area contributed by atoms with E-state index in [9.17, 15) is 14.7 Å². The Balaban J connectivity index is 0.969. The molecule has 0 bridgehead atoms. The van der Waals surface area contributed by atoms with Gasteiger partial charge in [-0.15, -0.1) is 0 Å². The number of carbonyl (C=O) groups is 2. The van der Waals surface area contributed by atoms with Crippen LogP contribution in [0.2, 0.25) is 0 Å². The molecule has 1 aromatic rings. The average molecular weight is 752 g/mol. The Morgan fingerprint density at radius 2 is 1.55 bits per heavy atom. The molecular formula is C49H73N3O3. The van der Waals surface area contributed by atoms with Crippen LogP contribution >= 0.6 is 0 Å². The van der Waals surface area contributed by atoms with Crippen LogP contribution in [0.5, 0.6) is 0 Å². The van der Waals surface area contributed by atoms with Gasteiger partial charge in [0, 0.05) is 51.2 Å². The zero-order valence-corrected chi connectivity index (χ0v) is 35.4. The lowest BCUT2D eigenvalue weighted by atomic mass is 9.33. The van der Waals surface area contributed by atoms with Gasteiger partial charge >= 0.3 is 5.97 Å². The van der Waals surface area contributed by atoms with E-state index in [4.69, 9.17) is 0 Å². The molecule has 1 amide bonds. The number of aromatic carboxylic acids is 1. The summed E-state index contributed by atoms with van der Waals surface area (Å²) in [5, 5.41) is 13.9. The molecule has 9 atom stereocenters. The van der Waals surface area contributed by atoms with E-state index in [0.29, 0.717) is 57.8 Å². The molecule has 7 aliphatic rings. The summed E-state index contributed by atoms with van der Waals surface area (Å²) in [6, 6.07) is 7.65. The van der Waals surface area contributed by atoms with E-state index in [1.165, 1.54) is 93.8 Å². The Morgan fingerprint density at radius 1 is 0.836 bits per heavy atom. The van der Waals surface area contributed by atoms with Gasteiger partial charge in [-0.25, -0.2) is 4.79 Å². The van der Waals surface area contributed by atoms with Crippen molar-refractivity contribution >= 4 is 17.4 Å². The highest BCUT2D eigenvalue weighted by molar-refractivity contribution is 5.88.